The van der Waals surface area contributed by atoms with E-state index in [1.165, 1.54) is 6.07 Å². The first-order valence-electron chi connectivity index (χ1n) is 10.7. The molecule has 4 N–H and O–H groups in total. The van der Waals surface area contributed by atoms with Crippen molar-refractivity contribution in [2.24, 2.45) is 5.14 Å². The van der Waals surface area contributed by atoms with Gasteiger partial charge in [-0.05, 0) is 64.9 Å². The van der Waals surface area contributed by atoms with Crippen molar-refractivity contribution in [2.45, 2.75) is 11.3 Å². The number of nitrogens with zero attached hydrogens (tertiary/aromatic N) is 2. The number of anilines is 2. The highest BCUT2D eigenvalue weighted by Gasteiger charge is 2.24. The summed E-state index contributed by atoms with van der Waals surface area (Å²) < 4.78 is 24.0. The summed E-state index contributed by atoms with van der Waals surface area (Å²) in [5.74, 6) is 0.322. The summed E-state index contributed by atoms with van der Waals surface area (Å²) in [4.78, 5) is 18.9. The van der Waals surface area contributed by atoms with Gasteiger partial charge in [0.25, 0.3) is 5.91 Å². The molecule has 0 fully saturated rings. The Morgan fingerprint density at radius 3 is 2.68 bits per heavy atom. The predicted molar refractivity (Wildman–Crippen MR) is 134 cm³/mol. The smallest absolute Gasteiger partial charge is 0.251 e. The average Bonchev–Trinajstić information content (AvgIpc) is 3.26. The summed E-state index contributed by atoms with van der Waals surface area (Å²) >= 11 is 0. The summed E-state index contributed by atoms with van der Waals surface area (Å²) in [6.07, 6.45) is 5.66. The van der Waals surface area contributed by atoms with Gasteiger partial charge >= 0.3 is 0 Å². The van der Waals surface area contributed by atoms with Crippen LogP contribution in [0.5, 0.6) is 0 Å². The molecule has 1 aromatic heterocycles. The Balaban J connectivity index is 1.41. The maximum atomic E-state index is 13.0. The molecule has 34 heavy (non-hydrogen) atoms. The highest BCUT2D eigenvalue weighted by molar-refractivity contribution is 7.89. The molecule has 1 aliphatic heterocycles. The Morgan fingerprint density at radius 1 is 1.03 bits per heavy atom. The van der Waals surface area contributed by atoms with Gasteiger partial charge in [0.1, 0.15) is 5.82 Å². The fraction of sp³-hybridized carbons (Fsp3) is 0.0769. The van der Waals surface area contributed by atoms with Gasteiger partial charge in [0.15, 0.2) is 0 Å². The number of rotatable bonds is 4. The molecule has 1 amide bonds. The zero-order chi connectivity index (χ0) is 23.9. The molecule has 0 bridgehead atoms. The monoisotopic (exact) mass is 470 g/mol. The lowest BCUT2D eigenvalue weighted by Crippen LogP contribution is -2.26. The van der Waals surface area contributed by atoms with Crippen LogP contribution in [0.25, 0.3) is 28.0 Å². The number of hydrogen-bond donors (Lipinski definition) is 2. The molecule has 1 aliphatic rings. The minimum atomic E-state index is -3.86. The summed E-state index contributed by atoms with van der Waals surface area (Å²) in [5.41, 5.74) is 9.91. The molecule has 0 atom stereocenters. The zero-order valence-corrected chi connectivity index (χ0v) is 19.0. The van der Waals surface area contributed by atoms with Crippen LogP contribution in [0, 0.1) is 0 Å². The van der Waals surface area contributed by atoms with Crippen molar-refractivity contribution < 1.29 is 13.2 Å². The summed E-state index contributed by atoms with van der Waals surface area (Å²) in [7, 11) is -3.86. The third kappa shape index (κ3) is 4.05. The van der Waals surface area contributed by atoms with Gasteiger partial charge in [-0.1, -0.05) is 36.4 Å². The third-order valence-corrected chi connectivity index (χ3v) is 6.95. The quantitative estimate of drug-likeness (QED) is 0.441. The summed E-state index contributed by atoms with van der Waals surface area (Å²) in [6, 6.07) is 19.9. The fourth-order valence-electron chi connectivity index (χ4n) is 4.32. The van der Waals surface area contributed by atoms with E-state index < -0.39 is 10.0 Å². The lowest BCUT2D eigenvalue weighted by atomic mass is 10.0. The van der Waals surface area contributed by atoms with Crippen LogP contribution < -0.4 is 15.8 Å². The number of aromatic nitrogens is 1. The molecule has 0 unspecified atom stereocenters. The minimum Gasteiger partial charge on any atom is -0.383 e. The molecule has 4 aromatic rings. The highest BCUT2D eigenvalue weighted by atomic mass is 32.2. The van der Waals surface area contributed by atoms with E-state index >= 15 is 0 Å². The van der Waals surface area contributed by atoms with E-state index in [2.05, 4.69) is 4.98 Å². The number of amides is 1. The molecule has 3 aromatic carbocycles. The second-order valence-electron chi connectivity index (χ2n) is 8.13. The number of pyridine rings is 1. The number of nitrogens with two attached hydrogens (primary N) is 2. The molecule has 2 heterocycles. The van der Waals surface area contributed by atoms with Crippen LogP contribution in [0.4, 0.5) is 11.5 Å². The second kappa shape index (κ2) is 8.40. The van der Waals surface area contributed by atoms with E-state index in [1.54, 1.807) is 41.4 Å². The summed E-state index contributed by atoms with van der Waals surface area (Å²) in [6.45, 7) is 0.549. The van der Waals surface area contributed by atoms with Crippen LogP contribution in [0.2, 0.25) is 0 Å². The Labute approximate surface area is 197 Å². The molecule has 0 spiro atoms. The lowest BCUT2D eigenvalue weighted by molar-refractivity contribution is -0.114. The number of nitrogen functional groups attached to an aromatic ring is 1. The van der Waals surface area contributed by atoms with E-state index in [4.69, 9.17) is 10.9 Å². The number of carbonyl (C=O) groups excluding carboxylic acids is 1. The maximum Gasteiger partial charge on any atom is 0.251 e. The topological polar surface area (TPSA) is 119 Å². The minimum absolute atomic E-state index is 0.0787. The van der Waals surface area contributed by atoms with Gasteiger partial charge in [0.2, 0.25) is 10.0 Å². The van der Waals surface area contributed by atoms with Crippen molar-refractivity contribution in [3.05, 3.63) is 90.1 Å². The first-order chi connectivity index (χ1) is 16.3. The molecule has 0 radical (unpaired) electrons. The predicted octanol–water partition coefficient (Wildman–Crippen LogP) is 3.73. The van der Waals surface area contributed by atoms with E-state index in [0.29, 0.717) is 24.3 Å². The largest absolute Gasteiger partial charge is 0.383 e. The molecule has 0 aliphatic carbocycles. The first kappa shape index (κ1) is 21.8. The van der Waals surface area contributed by atoms with Crippen molar-refractivity contribution in [1.82, 2.24) is 4.98 Å². The third-order valence-electron chi connectivity index (χ3n) is 5.99. The number of carbonyl (C=O) groups is 1. The maximum absolute atomic E-state index is 13.0. The van der Waals surface area contributed by atoms with Gasteiger partial charge in [-0.25, -0.2) is 18.5 Å². The normalized spacial score (nSPS) is 13.5. The van der Waals surface area contributed by atoms with Crippen LogP contribution in [0.15, 0.2) is 83.9 Å². The number of fused-ring (bicyclic) bond motifs is 2. The SMILES string of the molecule is Nc1nccc2ccc(/C=C\C(=O)N3CCc4cc(-c5ccccc5S(N)(=O)=O)ccc43)cc12. The van der Waals surface area contributed by atoms with Crippen LogP contribution in [-0.4, -0.2) is 25.9 Å². The molecular formula is C26H22N4O3S. The van der Waals surface area contributed by atoms with Crippen LogP contribution in [0.1, 0.15) is 11.1 Å². The van der Waals surface area contributed by atoms with Crippen molar-refractivity contribution in [3.8, 4) is 11.1 Å². The van der Waals surface area contributed by atoms with Gasteiger partial charge in [-0.15, -0.1) is 0 Å². The second-order valence-corrected chi connectivity index (χ2v) is 9.66. The fourth-order valence-corrected chi connectivity index (χ4v) is 5.08. The van der Waals surface area contributed by atoms with Gasteiger partial charge < -0.3 is 10.6 Å². The van der Waals surface area contributed by atoms with Crippen molar-refractivity contribution in [3.63, 3.8) is 0 Å². The molecule has 7 nitrogen and oxygen atoms in total. The highest BCUT2D eigenvalue weighted by Crippen LogP contribution is 2.34. The van der Waals surface area contributed by atoms with Crippen LogP contribution in [0.3, 0.4) is 0 Å². The first-order valence-corrected chi connectivity index (χ1v) is 12.2. The lowest BCUT2D eigenvalue weighted by Gasteiger charge is -2.16. The number of hydrogen-bond acceptors (Lipinski definition) is 5. The van der Waals surface area contributed by atoms with E-state index in [9.17, 15) is 13.2 Å². The molecular weight excluding hydrogens is 448 g/mol. The molecule has 0 saturated carbocycles. The van der Waals surface area contributed by atoms with Crippen LogP contribution in [-0.2, 0) is 21.2 Å². The zero-order valence-electron chi connectivity index (χ0n) is 18.2. The number of benzene rings is 3. The van der Waals surface area contributed by atoms with Crippen molar-refractivity contribution in [2.75, 3.05) is 17.2 Å². The molecule has 170 valence electrons. The van der Waals surface area contributed by atoms with E-state index in [-0.39, 0.29) is 10.8 Å². The number of primary sulfonamides is 1. The Kier molecular flexibility index (Phi) is 5.39. The summed E-state index contributed by atoms with van der Waals surface area (Å²) in [5, 5.41) is 7.22. The molecule has 0 saturated heterocycles. The van der Waals surface area contributed by atoms with Gasteiger partial charge in [-0.2, -0.15) is 0 Å². The van der Waals surface area contributed by atoms with Gasteiger partial charge in [0.05, 0.1) is 4.90 Å². The van der Waals surface area contributed by atoms with Gasteiger partial charge in [-0.3, -0.25) is 4.79 Å². The van der Waals surface area contributed by atoms with Crippen LogP contribution >= 0.6 is 0 Å². The average molecular weight is 471 g/mol. The Bertz CT molecular complexity index is 1580. The van der Waals surface area contributed by atoms with Gasteiger partial charge in [0, 0.05) is 35.5 Å². The Hall–Kier alpha value is -4.01. The number of sulfonamides is 1. The Morgan fingerprint density at radius 2 is 1.85 bits per heavy atom. The molecule has 5 rings (SSSR count). The standard InChI is InChI=1S/C26H22N4O3S/c27-26-22-15-17(5-7-18(22)11-13-29-26)6-10-25(31)30-14-12-20-16-19(8-9-23(20)30)21-3-1-2-4-24(21)34(28,32)33/h1-11,13,15-16H,12,14H2,(H2,27,29)(H2,28,32,33)/b10-6-. The van der Waals surface area contributed by atoms with Crippen molar-refractivity contribution >= 4 is 44.3 Å². The van der Waals surface area contributed by atoms with E-state index in [0.717, 1.165) is 33.2 Å². The van der Waals surface area contributed by atoms with Crippen molar-refractivity contribution in [1.29, 1.82) is 0 Å². The molecule has 8 heteroatoms. The van der Waals surface area contributed by atoms with E-state index in [1.807, 2.05) is 42.5 Å².